The van der Waals surface area contributed by atoms with Gasteiger partial charge in [-0.3, -0.25) is 4.79 Å². The summed E-state index contributed by atoms with van der Waals surface area (Å²) in [5.74, 6) is 0.801. The van der Waals surface area contributed by atoms with Gasteiger partial charge < -0.3 is 29.3 Å². The summed E-state index contributed by atoms with van der Waals surface area (Å²) < 4.78 is 16.0. The molecular weight excluding hydrogens is 434 g/mol. The van der Waals surface area contributed by atoms with Crippen LogP contribution in [0.2, 0.25) is 0 Å². The Kier molecular flexibility index (Phi) is 7.12. The van der Waals surface area contributed by atoms with Crippen molar-refractivity contribution >= 4 is 17.3 Å². The van der Waals surface area contributed by atoms with Gasteiger partial charge in [-0.25, -0.2) is 0 Å². The molecule has 2 aromatic carbocycles. The standard InChI is InChI=1S/C25H29N5O4/c1-29(2)20-12-13-30(16-20)19-10-8-18(9-11-19)26-24(31)17-6-5-7-21(14-17)34-25-27-22(32-3)15-23(28-25)33-4/h5-11,14-15,20H,12-13,16H2,1-4H3,(H,26,31). The normalized spacial score (nSPS) is 15.3. The summed E-state index contributed by atoms with van der Waals surface area (Å²) in [6.45, 7) is 2.04. The molecule has 4 rings (SSSR count). The van der Waals surface area contributed by atoms with Crippen LogP contribution in [0.25, 0.3) is 0 Å². The zero-order valence-corrected chi connectivity index (χ0v) is 19.8. The molecule has 1 aliphatic heterocycles. The Balaban J connectivity index is 1.41. The van der Waals surface area contributed by atoms with E-state index >= 15 is 0 Å². The molecule has 0 spiro atoms. The second-order valence-corrected chi connectivity index (χ2v) is 8.22. The van der Waals surface area contributed by atoms with Crippen molar-refractivity contribution in [1.82, 2.24) is 14.9 Å². The maximum absolute atomic E-state index is 12.8. The van der Waals surface area contributed by atoms with E-state index in [1.165, 1.54) is 14.2 Å². The van der Waals surface area contributed by atoms with E-state index in [9.17, 15) is 4.79 Å². The molecule has 1 saturated heterocycles. The quantitative estimate of drug-likeness (QED) is 0.541. The van der Waals surface area contributed by atoms with Gasteiger partial charge in [0.15, 0.2) is 0 Å². The zero-order chi connectivity index (χ0) is 24.1. The van der Waals surface area contributed by atoms with Gasteiger partial charge in [0.05, 0.1) is 20.3 Å². The maximum Gasteiger partial charge on any atom is 0.328 e. The van der Waals surface area contributed by atoms with Gasteiger partial charge in [-0.15, -0.1) is 0 Å². The van der Waals surface area contributed by atoms with Crippen LogP contribution < -0.4 is 24.4 Å². The number of ether oxygens (including phenoxy) is 3. The number of methoxy groups -OCH3 is 2. The van der Waals surface area contributed by atoms with Crippen LogP contribution in [-0.4, -0.2) is 68.2 Å². The first-order valence-electron chi connectivity index (χ1n) is 11.0. The number of nitrogens with one attached hydrogen (secondary N) is 1. The van der Waals surface area contributed by atoms with Crippen molar-refractivity contribution < 1.29 is 19.0 Å². The lowest BCUT2D eigenvalue weighted by Gasteiger charge is -2.22. The summed E-state index contributed by atoms with van der Waals surface area (Å²) >= 11 is 0. The summed E-state index contributed by atoms with van der Waals surface area (Å²) in [6.07, 6.45) is 1.15. The van der Waals surface area contributed by atoms with Gasteiger partial charge in [0.25, 0.3) is 5.91 Å². The molecule has 9 nitrogen and oxygen atoms in total. The number of carbonyl (C=O) groups is 1. The molecular formula is C25H29N5O4. The SMILES string of the molecule is COc1cc(OC)nc(Oc2cccc(C(=O)Nc3ccc(N4CCC(N(C)C)C4)cc3)c2)n1. The molecule has 0 bridgehead atoms. The third kappa shape index (κ3) is 5.55. The van der Waals surface area contributed by atoms with Gasteiger partial charge in [0.1, 0.15) is 5.75 Å². The first-order valence-corrected chi connectivity index (χ1v) is 11.0. The molecule has 34 heavy (non-hydrogen) atoms. The van der Waals surface area contributed by atoms with Crippen LogP contribution in [0.5, 0.6) is 23.5 Å². The predicted octanol–water partition coefficient (Wildman–Crippen LogP) is 3.68. The second kappa shape index (κ2) is 10.4. The van der Waals surface area contributed by atoms with Crippen molar-refractivity contribution in [3.63, 3.8) is 0 Å². The third-order valence-electron chi connectivity index (χ3n) is 5.77. The Morgan fingerprint density at radius 1 is 1.03 bits per heavy atom. The number of nitrogens with zero attached hydrogens (tertiary/aromatic N) is 4. The van der Waals surface area contributed by atoms with Gasteiger partial charge in [0.2, 0.25) is 11.8 Å². The van der Waals surface area contributed by atoms with Gasteiger partial charge in [0, 0.05) is 36.1 Å². The van der Waals surface area contributed by atoms with Gasteiger partial charge in [-0.05, 0) is 63.0 Å². The third-order valence-corrected chi connectivity index (χ3v) is 5.77. The van der Waals surface area contributed by atoms with Crippen molar-refractivity contribution in [3.8, 4) is 23.5 Å². The monoisotopic (exact) mass is 463 g/mol. The Labute approximate surface area is 199 Å². The van der Waals surface area contributed by atoms with E-state index in [2.05, 4.69) is 39.2 Å². The lowest BCUT2D eigenvalue weighted by atomic mass is 10.2. The zero-order valence-electron chi connectivity index (χ0n) is 19.8. The first-order chi connectivity index (χ1) is 16.4. The lowest BCUT2D eigenvalue weighted by Crippen LogP contribution is -2.31. The Hall–Kier alpha value is -3.85. The van der Waals surface area contributed by atoms with E-state index in [-0.39, 0.29) is 11.9 Å². The highest BCUT2D eigenvalue weighted by Gasteiger charge is 2.24. The fraction of sp³-hybridized carbons (Fsp3) is 0.320. The van der Waals surface area contributed by atoms with Crippen LogP contribution in [0, 0.1) is 0 Å². The smallest absolute Gasteiger partial charge is 0.328 e. The fourth-order valence-electron chi connectivity index (χ4n) is 3.80. The van der Waals surface area contributed by atoms with E-state index in [0.29, 0.717) is 29.1 Å². The molecule has 1 amide bonds. The Bertz CT molecular complexity index is 1110. The molecule has 178 valence electrons. The van der Waals surface area contributed by atoms with Crippen molar-refractivity contribution in [2.45, 2.75) is 12.5 Å². The summed E-state index contributed by atoms with van der Waals surface area (Å²) in [7, 11) is 7.23. The summed E-state index contributed by atoms with van der Waals surface area (Å²) in [5, 5.41) is 2.94. The molecule has 1 aliphatic rings. The highest BCUT2D eigenvalue weighted by atomic mass is 16.5. The minimum Gasteiger partial charge on any atom is -0.481 e. The summed E-state index contributed by atoms with van der Waals surface area (Å²) in [6, 6.07) is 16.9. The molecule has 0 saturated carbocycles. The van der Waals surface area contributed by atoms with Crippen molar-refractivity contribution in [2.75, 3.05) is 51.6 Å². The van der Waals surface area contributed by atoms with E-state index in [1.807, 2.05) is 24.3 Å². The molecule has 1 fully saturated rings. The molecule has 3 aromatic rings. The number of hydrogen-bond acceptors (Lipinski definition) is 8. The molecule has 1 atom stereocenters. The predicted molar refractivity (Wildman–Crippen MR) is 130 cm³/mol. The molecule has 9 heteroatoms. The van der Waals surface area contributed by atoms with Crippen LogP contribution in [0.1, 0.15) is 16.8 Å². The van der Waals surface area contributed by atoms with Crippen LogP contribution in [0.4, 0.5) is 11.4 Å². The highest BCUT2D eigenvalue weighted by molar-refractivity contribution is 6.04. The maximum atomic E-state index is 12.8. The molecule has 0 radical (unpaired) electrons. The van der Waals surface area contributed by atoms with Gasteiger partial charge in [-0.2, -0.15) is 9.97 Å². The number of rotatable bonds is 8. The molecule has 1 N–H and O–H groups in total. The summed E-state index contributed by atoms with van der Waals surface area (Å²) in [4.78, 5) is 25.8. The van der Waals surface area contributed by atoms with E-state index in [4.69, 9.17) is 14.2 Å². The topological polar surface area (TPSA) is 89.0 Å². The first kappa shape index (κ1) is 23.3. The van der Waals surface area contributed by atoms with Crippen molar-refractivity contribution in [1.29, 1.82) is 0 Å². The Morgan fingerprint density at radius 2 is 1.74 bits per heavy atom. The van der Waals surface area contributed by atoms with Crippen molar-refractivity contribution in [2.24, 2.45) is 0 Å². The summed E-state index contributed by atoms with van der Waals surface area (Å²) in [5.41, 5.74) is 2.33. The highest BCUT2D eigenvalue weighted by Crippen LogP contribution is 2.26. The number of amides is 1. The molecule has 1 unspecified atom stereocenters. The number of likely N-dealkylation sites (N-methyl/N-ethyl adjacent to an activating group) is 1. The average Bonchev–Trinajstić information content (AvgIpc) is 3.35. The number of benzene rings is 2. The van der Waals surface area contributed by atoms with Crippen LogP contribution in [0.15, 0.2) is 54.6 Å². The number of anilines is 2. The second-order valence-electron chi connectivity index (χ2n) is 8.22. The fourth-order valence-corrected chi connectivity index (χ4v) is 3.80. The number of carbonyl (C=O) groups excluding carboxylic acids is 1. The van der Waals surface area contributed by atoms with Gasteiger partial charge in [-0.1, -0.05) is 6.07 Å². The van der Waals surface area contributed by atoms with Crippen LogP contribution in [-0.2, 0) is 0 Å². The Morgan fingerprint density at radius 3 is 2.35 bits per heavy atom. The van der Waals surface area contributed by atoms with E-state index in [0.717, 1.165) is 30.9 Å². The minimum atomic E-state index is -0.240. The number of aromatic nitrogens is 2. The minimum absolute atomic E-state index is 0.0581. The van der Waals surface area contributed by atoms with Crippen LogP contribution >= 0.6 is 0 Å². The number of hydrogen-bond donors (Lipinski definition) is 1. The van der Waals surface area contributed by atoms with Crippen LogP contribution in [0.3, 0.4) is 0 Å². The van der Waals surface area contributed by atoms with E-state index in [1.54, 1.807) is 30.3 Å². The van der Waals surface area contributed by atoms with E-state index < -0.39 is 0 Å². The van der Waals surface area contributed by atoms with Crippen molar-refractivity contribution in [3.05, 3.63) is 60.2 Å². The molecule has 1 aromatic heterocycles. The molecule has 2 heterocycles. The molecule has 0 aliphatic carbocycles. The van der Waals surface area contributed by atoms with Gasteiger partial charge >= 0.3 is 6.01 Å². The average molecular weight is 464 g/mol. The largest absolute Gasteiger partial charge is 0.481 e. The lowest BCUT2D eigenvalue weighted by molar-refractivity contribution is 0.102.